The van der Waals surface area contributed by atoms with E-state index in [1.54, 1.807) is 0 Å². The molecule has 1 saturated heterocycles. The number of benzene rings is 1. The summed E-state index contributed by atoms with van der Waals surface area (Å²) < 4.78 is 4.85. The first kappa shape index (κ1) is 13.1. The lowest BCUT2D eigenvalue weighted by Crippen LogP contribution is -2.24. The number of methoxy groups -OCH3 is 1. The maximum absolute atomic E-state index is 11.6. The number of likely N-dealkylation sites (tertiary alicyclic amines) is 1. The smallest absolute Gasteiger partial charge is 0.310 e. The average Bonchev–Trinajstić information content (AvgIpc) is 2.72. The molecular formula is C15H21NO2. The minimum absolute atomic E-state index is 0.0282. The van der Waals surface area contributed by atoms with Crippen molar-refractivity contribution in [2.24, 2.45) is 11.8 Å². The Hall–Kier alpha value is -1.35. The van der Waals surface area contributed by atoms with Crippen LogP contribution in [0.4, 0.5) is 0 Å². The number of rotatable bonds is 3. The highest BCUT2D eigenvalue weighted by Gasteiger charge is 2.35. The summed E-state index contributed by atoms with van der Waals surface area (Å²) in [6.07, 6.45) is 0. The Morgan fingerprint density at radius 1 is 1.33 bits per heavy atom. The van der Waals surface area contributed by atoms with Gasteiger partial charge >= 0.3 is 5.97 Å². The van der Waals surface area contributed by atoms with Gasteiger partial charge < -0.3 is 4.74 Å². The van der Waals surface area contributed by atoms with Crippen molar-refractivity contribution < 1.29 is 9.53 Å². The minimum atomic E-state index is -0.0751. The van der Waals surface area contributed by atoms with Gasteiger partial charge in [0.25, 0.3) is 0 Å². The number of ether oxygens (including phenoxy) is 1. The molecule has 1 aromatic rings. The third-order valence-corrected chi connectivity index (χ3v) is 3.72. The lowest BCUT2D eigenvalue weighted by atomic mass is 9.99. The molecule has 0 N–H and O–H groups in total. The zero-order valence-electron chi connectivity index (χ0n) is 11.3. The molecule has 0 spiro atoms. The van der Waals surface area contributed by atoms with Crippen LogP contribution >= 0.6 is 0 Å². The normalized spacial score (nSPS) is 24.2. The lowest BCUT2D eigenvalue weighted by Gasteiger charge is -2.15. The van der Waals surface area contributed by atoms with Crippen molar-refractivity contribution in [1.29, 1.82) is 0 Å². The first-order chi connectivity index (χ1) is 8.60. The van der Waals surface area contributed by atoms with E-state index in [4.69, 9.17) is 4.74 Å². The standard InChI is InChI=1S/C15H21NO2/c1-11-4-6-13(7-5-11)9-16-8-12(2)14(10-16)15(17)18-3/h4-7,12,14H,8-10H2,1-3H3. The van der Waals surface area contributed by atoms with E-state index in [1.807, 2.05) is 0 Å². The molecule has 1 aliphatic heterocycles. The van der Waals surface area contributed by atoms with Gasteiger partial charge in [0, 0.05) is 19.6 Å². The molecule has 0 bridgehead atoms. The second-order valence-corrected chi connectivity index (χ2v) is 5.29. The van der Waals surface area contributed by atoms with Crippen LogP contribution < -0.4 is 0 Å². The summed E-state index contributed by atoms with van der Waals surface area (Å²) in [7, 11) is 1.47. The van der Waals surface area contributed by atoms with E-state index in [9.17, 15) is 4.79 Å². The van der Waals surface area contributed by atoms with E-state index in [0.717, 1.165) is 19.6 Å². The number of hydrogen-bond donors (Lipinski definition) is 0. The number of esters is 1. The van der Waals surface area contributed by atoms with E-state index in [0.29, 0.717) is 5.92 Å². The summed E-state index contributed by atoms with van der Waals surface area (Å²) in [5.74, 6) is 0.331. The Bertz CT molecular complexity index is 413. The molecule has 1 aromatic carbocycles. The number of aryl methyl sites for hydroxylation is 1. The van der Waals surface area contributed by atoms with Gasteiger partial charge in [-0.25, -0.2) is 0 Å². The molecule has 2 atom stereocenters. The number of carbonyl (C=O) groups excluding carboxylic acids is 1. The summed E-state index contributed by atoms with van der Waals surface area (Å²) in [6, 6.07) is 8.58. The topological polar surface area (TPSA) is 29.5 Å². The molecule has 0 aliphatic carbocycles. The van der Waals surface area contributed by atoms with Gasteiger partial charge in [-0.3, -0.25) is 9.69 Å². The fourth-order valence-electron chi connectivity index (χ4n) is 2.61. The third kappa shape index (κ3) is 2.91. The molecule has 1 heterocycles. The zero-order chi connectivity index (χ0) is 13.1. The molecule has 98 valence electrons. The first-order valence-electron chi connectivity index (χ1n) is 6.46. The molecule has 2 rings (SSSR count). The van der Waals surface area contributed by atoms with Crippen molar-refractivity contribution >= 4 is 5.97 Å². The zero-order valence-corrected chi connectivity index (χ0v) is 11.3. The monoisotopic (exact) mass is 247 g/mol. The van der Waals surface area contributed by atoms with Crippen molar-refractivity contribution in [2.45, 2.75) is 20.4 Å². The maximum atomic E-state index is 11.6. The van der Waals surface area contributed by atoms with Crippen molar-refractivity contribution in [2.75, 3.05) is 20.2 Å². The van der Waals surface area contributed by atoms with Crippen molar-refractivity contribution in [3.05, 3.63) is 35.4 Å². The van der Waals surface area contributed by atoms with Crippen LogP contribution in [-0.2, 0) is 16.1 Å². The largest absolute Gasteiger partial charge is 0.469 e. The fourth-order valence-corrected chi connectivity index (χ4v) is 2.61. The molecule has 0 aromatic heterocycles. The molecule has 0 amide bonds. The van der Waals surface area contributed by atoms with Gasteiger partial charge in [-0.1, -0.05) is 36.8 Å². The molecule has 18 heavy (non-hydrogen) atoms. The number of hydrogen-bond acceptors (Lipinski definition) is 3. The molecular weight excluding hydrogens is 226 g/mol. The van der Waals surface area contributed by atoms with Crippen molar-refractivity contribution in [1.82, 2.24) is 4.90 Å². The van der Waals surface area contributed by atoms with Crippen LogP contribution in [0.3, 0.4) is 0 Å². The van der Waals surface area contributed by atoms with Gasteiger partial charge in [0.2, 0.25) is 0 Å². The minimum Gasteiger partial charge on any atom is -0.469 e. The van der Waals surface area contributed by atoms with E-state index in [2.05, 4.69) is 43.0 Å². The van der Waals surface area contributed by atoms with E-state index in [-0.39, 0.29) is 11.9 Å². The highest BCUT2D eigenvalue weighted by molar-refractivity contribution is 5.73. The number of nitrogens with zero attached hydrogens (tertiary/aromatic N) is 1. The van der Waals surface area contributed by atoms with Crippen LogP contribution in [0.2, 0.25) is 0 Å². The fraction of sp³-hybridized carbons (Fsp3) is 0.533. The molecule has 0 saturated carbocycles. The molecule has 3 nitrogen and oxygen atoms in total. The molecule has 2 unspecified atom stereocenters. The summed E-state index contributed by atoms with van der Waals surface area (Å²) in [5.41, 5.74) is 2.58. The quantitative estimate of drug-likeness (QED) is 0.767. The first-order valence-corrected chi connectivity index (χ1v) is 6.46. The average molecular weight is 247 g/mol. The van der Waals surface area contributed by atoms with Gasteiger partial charge in [-0.05, 0) is 18.4 Å². The van der Waals surface area contributed by atoms with Crippen LogP contribution in [0.5, 0.6) is 0 Å². The molecule has 1 aliphatic rings. The van der Waals surface area contributed by atoms with Gasteiger partial charge in [0.05, 0.1) is 13.0 Å². The third-order valence-electron chi connectivity index (χ3n) is 3.72. The summed E-state index contributed by atoms with van der Waals surface area (Å²) in [4.78, 5) is 13.9. The van der Waals surface area contributed by atoms with Crippen molar-refractivity contribution in [3.8, 4) is 0 Å². The summed E-state index contributed by atoms with van der Waals surface area (Å²) >= 11 is 0. The van der Waals surface area contributed by atoms with Crippen LogP contribution in [0, 0.1) is 18.8 Å². The Kier molecular flexibility index (Phi) is 4.02. The molecule has 1 fully saturated rings. The summed E-state index contributed by atoms with van der Waals surface area (Å²) in [5, 5.41) is 0. The van der Waals surface area contributed by atoms with Crippen LogP contribution in [0.1, 0.15) is 18.1 Å². The predicted molar refractivity (Wildman–Crippen MR) is 71.1 cm³/mol. The van der Waals surface area contributed by atoms with Crippen LogP contribution in [-0.4, -0.2) is 31.1 Å². The Balaban J connectivity index is 1.96. The van der Waals surface area contributed by atoms with Gasteiger partial charge in [-0.2, -0.15) is 0 Å². The SMILES string of the molecule is COC(=O)C1CN(Cc2ccc(C)cc2)CC1C. The van der Waals surface area contributed by atoms with E-state index < -0.39 is 0 Å². The predicted octanol–water partition coefficient (Wildman–Crippen LogP) is 2.24. The van der Waals surface area contributed by atoms with Gasteiger partial charge in [0.15, 0.2) is 0 Å². The Morgan fingerprint density at radius 2 is 2.00 bits per heavy atom. The van der Waals surface area contributed by atoms with Crippen LogP contribution in [0.15, 0.2) is 24.3 Å². The highest BCUT2D eigenvalue weighted by Crippen LogP contribution is 2.25. The highest BCUT2D eigenvalue weighted by atomic mass is 16.5. The molecule has 0 radical (unpaired) electrons. The van der Waals surface area contributed by atoms with Crippen molar-refractivity contribution in [3.63, 3.8) is 0 Å². The van der Waals surface area contributed by atoms with E-state index >= 15 is 0 Å². The van der Waals surface area contributed by atoms with E-state index in [1.165, 1.54) is 18.2 Å². The second-order valence-electron chi connectivity index (χ2n) is 5.29. The lowest BCUT2D eigenvalue weighted by molar-refractivity contribution is -0.146. The maximum Gasteiger partial charge on any atom is 0.310 e. The summed E-state index contributed by atoms with van der Waals surface area (Å²) in [6.45, 7) is 6.90. The Morgan fingerprint density at radius 3 is 2.61 bits per heavy atom. The van der Waals surface area contributed by atoms with Gasteiger partial charge in [-0.15, -0.1) is 0 Å². The van der Waals surface area contributed by atoms with Crippen LogP contribution in [0.25, 0.3) is 0 Å². The molecule has 3 heteroatoms. The van der Waals surface area contributed by atoms with Gasteiger partial charge in [0.1, 0.15) is 0 Å². The number of carbonyl (C=O) groups is 1. The Labute approximate surface area is 109 Å². The second kappa shape index (κ2) is 5.53.